The van der Waals surface area contributed by atoms with Gasteiger partial charge >= 0.3 is 0 Å². The molecule has 8 heteroatoms. The summed E-state index contributed by atoms with van der Waals surface area (Å²) >= 11 is 0. The third-order valence-corrected chi connectivity index (χ3v) is 4.50. The maximum Gasteiger partial charge on any atom is 0.255 e. The monoisotopic (exact) mass is 397 g/mol. The Labute approximate surface area is 168 Å². The molecule has 0 aliphatic heterocycles. The Morgan fingerprint density at radius 1 is 1.07 bits per heavy atom. The fourth-order valence-electron chi connectivity index (χ4n) is 2.70. The quantitative estimate of drug-likeness (QED) is 0.632. The van der Waals surface area contributed by atoms with Gasteiger partial charge in [-0.15, -0.1) is 0 Å². The Bertz CT molecular complexity index is 953. The van der Waals surface area contributed by atoms with E-state index >= 15 is 0 Å². The molecule has 0 unspecified atom stereocenters. The second-order valence-corrected chi connectivity index (χ2v) is 6.87. The molecule has 29 heavy (non-hydrogen) atoms. The van der Waals surface area contributed by atoms with E-state index in [0.29, 0.717) is 28.4 Å². The minimum Gasteiger partial charge on any atom is -0.493 e. The van der Waals surface area contributed by atoms with Crippen molar-refractivity contribution in [3.05, 3.63) is 47.5 Å². The van der Waals surface area contributed by atoms with Crippen LogP contribution in [0, 0.1) is 12.8 Å². The molecule has 2 aromatic rings. The minimum absolute atomic E-state index is 0.00224. The van der Waals surface area contributed by atoms with Gasteiger partial charge in [-0.3, -0.25) is 14.4 Å². The molecule has 0 saturated heterocycles. The predicted octanol–water partition coefficient (Wildman–Crippen LogP) is 2.47. The maximum atomic E-state index is 12.7. The maximum absolute atomic E-state index is 12.7. The van der Waals surface area contributed by atoms with Crippen LogP contribution in [0.4, 0.5) is 11.4 Å². The van der Waals surface area contributed by atoms with Gasteiger partial charge in [-0.25, -0.2) is 0 Å². The Balaban J connectivity index is 1.73. The predicted molar refractivity (Wildman–Crippen MR) is 108 cm³/mol. The highest BCUT2D eigenvalue weighted by atomic mass is 16.5. The fourth-order valence-corrected chi connectivity index (χ4v) is 2.70. The normalized spacial score (nSPS) is 12.8. The second-order valence-electron chi connectivity index (χ2n) is 6.87. The fraction of sp³-hybridized carbons (Fsp3) is 0.286. The van der Waals surface area contributed by atoms with E-state index < -0.39 is 5.91 Å². The number of aryl methyl sites for hydroxylation is 1. The average molecular weight is 397 g/mol. The summed E-state index contributed by atoms with van der Waals surface area (Å²) in [6.07, 6.45) is 1.84. The molecule has 152 valence electrons. The first-order chi connectivity index (χ1) is 13.9. The zero-order valence-electron chi connectivity index (χ0n) is 16.3. The molecule has 1 aliphatic rings. The number of primary amides is 1. The van der Waals surface area contributed by atoms with Crippen molar-refractivity contribution in [3.63, 3.8) is 0 Å². The van der Waals surface area contributed by atoms with Crippen LogP contribution in [0.2, 0.25) is 0 Å². The highest BCUT2D eigenvalue weighted by molar-refractivity contribution is 6.05. The Morgan fingerprint density at radius 2 is 1.83 bits per heavy atom. The van der Waals surface area contributed by atoms with Crippen molar-refractivity contribution in [1.29, 1.82) is 0 Å². The molecule has 8 nitrogen and oxygen atoms in total. The summed E-state index contributed by atoms with van der Waals surface area (Å²) in [4.78, 5) is 35.5. The van der Waals surface area contributed by atoms with Gasteiger partial charge < -0.3 is 25.8 Å². The van der Waals surface area contributed by atoms with Crippen molar-refractivity contribution in [2.24, 2.45) is 11.7 Å². The minimum atomic E-state index is -0.613. The first-order valence-corrected chi connectivity index (χ1v) is 9.19. The molecule has 0 atom stereocenters. The Hall–Kier alpha value is -3.55. The summed E-state index contributed by atoms with van der Waals surface area (Å²) in [7, 11) is 1.43. The van der Waals surface area contributed by atoms with Crippen LogP contribution in [0.3, 0.4) is 0 Å². The number of rotatable bonds is 8. The highest BCUT2D eigenvalue weighted by Crippen LogP contribution is 2.31. The SMILES string of the molecule is COc1cc(C(=O)Nc2cc(NC(=O)C3CC3)ccc2C)ccc1OCC(N)=O. The lowest BCUT2D eigenvalue weighted by Gasteiger charge is -2.13. The number of carbonyl (C=O) groups excluding carboxylic acids is 3. The number of anilines is 2. The van der Waals surface area contributed by atoms with E-state index in [1.807, 2.05) is 13.0 Å². The van der Waals surface area contributed by atoms with Gasteiger partial charge in [0, 0.05) is 22.9 Å². The standard InChI is InChI=1S/C21H23N3O5/c1-12-3-7-15(23-20(26)13-4-5-13)10-16(12)24-21(27)14-6-8-17(18(9-14)28-2)29-11-19(22)25/h3,6-10,13H,4-5,11H2,1-2H3,(H2,22,25)(H,23,26)(H,24,27). The number of nitrogens with one attached hydrogen (secondary N) is 2. The van der Waals surface area contributed by atoms with E-state index in [0.717, 1.165) is 18.4 Å². The molecule has 1 aliphatic carbocycles. The molecule has 3 rings (SSSR count). The number of carbonyl (C=O) groups is 3. The molecule has 2 aromatic carbocycles. The zero-order chi connectivity index (χ0) is 21.0. The number of methoxy groups -OCH3 is 1. The van der Waals surface area contributed by atoms with Crippen LogP contribution in [-0.4, -0.2) is 31.4 Å². The highest BCUT2D eigenvalue weighted by Gasteiger charge is 2.29. The largest absolute Gasteiger partial charge is 0.493 e. The number of hydrogen-bond donors (Lipinski definition) is 3. The van der Waals surface area contributed by atoms with Crippen LogP contribution in [0.15, 0.2) is 36.4 Å². The van der Waals surface area contributed by atoms with Gasteiger partial charge in [0.25, 0.3) is 11.8 Å². The van der Waals surface area contributed by atoms with Crippen molar-refractivity contribution in [3.8, 4) is 11.5 Å². The van der Waals surface area contributed by atoms with Gasteiger partial charge in [-0.05, 0) is 55.7 Å². The molecule has 0 spiro atoms. The van der Waals surface area contributed by atoms with Crippen LogP contribution in [-0.2, 0) is 9.59 Å². The first kappa shape index (κ1) is 20.2. The van der Waals surface area contributed by atoms with Crippen LogP contribution in [0.5, 0.6) is 11.5 Å². The van der Waals surface area contributed by atoms with Gasteiger partial charge in [0.1, 0.15) is 0 Å². The topological polar surface area (TPSA) is 120 Å². The number of amides is 3. The number of hydrogen-bond acceptors (Lipinski definition) is 5. The summed E-state index contributed by atoms with van der Waals surface area (Å²) < 4.78 is 10.5. The molecule has 1 fully saturated rings. The molecule has 0 aromatic heterocycles. The zero-order valence-corrected chi connectivity index (χ0v) is 16.3. The van der Waals surface area contributed by atoms with Crippen molar-refractivity contribution < 1.29 is 23.9 Å². The molecule has 0 bridgehead atoms. The smallest absolute Gasteiger partial charge is 0.255 e. The van der Waals surface area contributed by atoms with Gasteiger partial charge in [-0.1, -0.05) is 6.07 Å². The van der Waals surface area contributed by atoms with E-state index in [1.165, 1.54) is 19.2 Å². The third kappa shape index (κ3) is 5.25. The van der Waals surface area contributed by atoms with Gasteiger partial charge in [0.15, 0.2) is 18.1 Å². The molecular formula is C21H23N3O5. The van der Waals surface area contributed by atoms with Crippen LogP contribution < -0.4 is 25.8 Å². The Kier molecular flexibility index (Phi) is 6.01. The van der Waals surface area contributed by atoms with Crippen LogP contribution in [0.1, 0.15) is 28.8 Å². The van der Waals surface area contributed by atoms with Crippen LogP contribution >= 0.6 is 0 Å². The van der Waals surface area contributed by atoms with E-state index in [2.05, 4.69) is 10.6 Å². The number of nitrogens with two attached hydrogens (primary N) is 1. The van der Waals surface area contributed by atoms with Gasteiger partial charge in [-0.2, -0.15) is 0 Å². The van der Waals surface area contributed by atoms with Crippen molar-refractivity contribution >= 4 is 29.1 Å². The third-order valence-electron chi connectivity index (χ3n) is 4.50. The first-order valence-electron chi connectivity index (χ1n) is 9.19. The van der Waals surface area contributed by atoms with Gasteiger partial charge in [0.05, 0.1) is 7.11 Å². The summed E-state index contributed by atoms with van der Waals surface area (Å²) in [6, 6.07) is 9.98. The summed E-state index contributed by atoms with van der Waals surface area (Å²) in [5.41, 5.74) is 7.51. The van der Waals surface area contributed by atoms with Gasteiger partial charge in [0.2, 0.25) is 5.91 Å². The molecule has 4 N–H and O–H groups in total. The second kappa shape index (κ2) is 8.64. The summed E-state index contributed by atoms with van der Waals surface area (Å²) in [5, 5.41) is 5.71. The van der Waals surface area contributed by atoms with Crippen molar-refractivity contribution in [1.82, 2.24) is 0 Å². The lowest BCUT2D eigenvalue weighted by molar-refractivity contribution is -0.120. The molecule has 0 heterocycles. The van der Waals surface area contributed by atoms with Crippen molar-refractivity contribution in [2.75, 3.05) is 24.4 Å². The van der Waals surface area contributed by atoms with Crippen molar-refractivity contribution in [2.45, 2.75) is 19.8 Å². The lowest BCUT2D eigenvalue weighted by Crippen LogP contribution is -2.20. The van der Waals surface area contributed by atoms with Crippen LogP contribution in [0.25, 0.3) is 0 Å². The molecular weight excluding hydrogens is 374 g/mol. The van der Waals surface area contributed by atoms with E-state index in [-0.39, 0.29) is 24.3 Å². The average Bonchev–Trinajstić information content (AvgIpc) is 3.54. The number of ether oxygens (including phenoxy) is 2. The van der Waals surface area contributed by atoms with E-state index in [9.17, 15) is 14.4 Å². The lowest BCUT2D eigenvalue weighted by atomic mass is 10.1. The molecule has 0 radical (unpaired) electrons. The Morgan fingerprint density at radius 3 is 2.48 bits per heavy atom. The van der Waals surface area contributed by atoms with E-state index in [4.69, 9.17) is 15.2 Å². The molecule has 1 saturated carbocycles. The molecule has 3 amide bonds. The summed E-state index contributed by atoms with van der Waals surface area (Å²) in [5.74, 6) is -0.249. The summed E-state index contributed by atoms with van der Waals surface area (Å²) in [6.45, 7) is 1.57. The number of benzene rings is 2. The van der Waals surface area contributed by atoms with E-state index in [1.54, 1.807) is 18.2 Å².